The molecule has 2 N–H and O–H groups in total. The van der Waals surface area contributed by atoms with Crippen molar-refractivity contribution in [1.82, 2.24) is 0 Å². The van der Waals surface area contributed by atoms with Gasteiger partial charge in [0.05, 0.1) is 6.04 Å². The molecule has 0 aromatic carbocycles. The Bertz CT molecular complexity index is 319. The fourth-order valence-corrected chi connectivity index (χ4v) is 2.30. The first-order valence-corrected chi connectivity index (χ1v) is 6.56. The normalized spacial score (nSPS) is 12.3. The number of ketones is 1. The first-order valence-electron chi connectivity index (χ1n) is 5.68. The van der Waals surface area contributed by atoms with Crippen molar-refractivity contribution in [3.05, 3.63) is 35.0 Å². The van der Waals surface area contributed by atoms with Crippen molar-refractivity contribution in [1.29, 1.82) is 0 Å². The number of hydrogen-bond donors (Lipinski definition) is 1. The summed E-state index contributed by atoms with van der Waals surface area (Å²) in [5.41, 5.74) is 5.87. The minimum Gasteiger partial charge on any atom is -0.317 e. The molecule has 2 nitrogen and oxygen atoms in total. The number of thiophene rings is 1. The van der Waals surface area contributed by atoms with Gasteiger partial charge in [0, 0.05) is 11.3 Å². The van der Waals surface area contributed by atoms with Crippen LogP contribution in [-0.2, 0) is 4.79 Å². The van der Waals surface area contributed by atoms with Gasteiger partial charge in [0.2, 0.25) is 0 Å². The number of nitrogens with two attached hydrogens (primary N) is 1. The van der Waals surface area contributed by atoms with Crippen molar-refractivity contribution < 1.29 is 4.79 Å². The van der Waals surface area contributed by atoms with Crippen LogP contribution in [0.25, 0.3) is 0 Å². The average Bonchev–Trinajstić information content (AvgIpc) is 2.81. The van der Waals surface area contributed by atoms with E-state index in [0.29, 0.717) is 6.42 Å². The Kier molecular flexibility index (Phi) is 6.04. The smallest absolute Gasteiger partial charge is 0.154 e. The van der Waals surface area contributed by atoms with Crippen LogP contribution in [0.4, 0.5) is 0 Å². The molecule has 0 aliphatic rings. The molecule has 1 aromatic heterocycles. The highest BCUT2D eigenvalue weighted by atomic mass is 32.1. The first-order chi connectivity index (χ1) is 7.75. The minimum atomic E-state index is -0.417. The van der Waals surface area contributed by atoms with Gasteiger partial charge in [-0.2, -0.15) is 0 Å². The van der Waals surface area contributed by atoms with Crippen LogP contribution in [0.3, 0.4) is 0 Å². The van der Waals surface area contributed by atoms with E-state index in [0.717, 1.165) is 30.6 Å². The fraction of sp³-hybridized carbons (Fsp3) is 0.462. The predicted molar refractivity (Wildman–Crippen MR) is 69.5 cm³/mol. The van der Waals surface area contributed by atoms with Gasteiger partial charge in [0.1, 0.15) is 0 Å². The van der Waals surface area contributed by atoms with Gasteiger partial charge in [0.25, 0.3) is 0 Å². The zero-order valence-electron chi connectivity index (χ0n) is 9.52. The van der Waals surface area contributed by atoms with Crippen molar-refractivity contribution in [2.45, 2.75) is 38.1 Å². The third-order valence-corrected chi connectivity index (χ3v) is 3.48. The van der Waals surface area contributed by atoms with Gasteiger partial charge >= 0.3 is 0 Å². The van der Waals surface area contributed by atoms with Gasteiger partial charge in [-0.3, -0.25) is 4.79 Å². The van der Waals surface area contributed by atoms with Crippen molar-refractivity contribution >= 4 is 17.1 Å². The van der Waals surface area contributed by atoms with E-state index in [2.05, 4.69) is 6.58 Å². The predicted octanol–water partition coefficient (Wildman–Crippen LogP) is 3.45. The number of unbranched alkanes of at least 4 members (excludes halogenated alkanes) is 3. The molecule has 0 amide bonds. The second-order valence-corrected chi connectivity index (χ2v) is 4.83. The molecule has 0 aliphatic carbocycles. The summed E-state index contributed by atoms with van der Waals surface area (Å²) < 4.78 is 0. The van der Waals surface area contributed by atoms with Crippen LogP contribution in [0.5, 0.6) is 0 Å². The summed E-state index contributed by atoms with van der Waals surface area (Å²) >= 11 is 1.55. The van der Waals surface area contributed by atoms with Crippen LogP contribution >= 0.6 is 11.3 Å². The van der Waals surface area contributed by atoms with Gasteiger partial charge in [0.15, 0.2) is 5.78 Å². The number of allylic oxidation sites excluding steroid dienone is 1. The Labute approximate surface area is 101 Å². The highest BCUT2D eigenvalue weighted by Crippen LogP contribution is 2.19. The fourth-order valence-electron chi connectivity index (χ4n) is 1.55. The van der Waals surface area contributed by atoms with Gasteiger partial charge in [-0.15, -0.1) is 17.9 Å². The number of hydrogen-bond acceptors (Lipinski definition) is 3. The van der Waals surface area contributed by atoms with Crippen LogP contribution in [0.2, 0.25) is 0 Å². The molecule has 16 heavy (non-hydrogen) atoms. The molecule has 0 spiro atoms. The Hall–Kier alpha value is -0.930. The summed E-state index contributed by atoms with van der Waals surface area (Å²) in [7, 11) is 0. The van der Waals surface area contributed by atoms with E-state index in [9.17, 15) is 4.79 Å². The summed E-state index contributed by atoms with van der Waals surface area (Å²) in [6, 6.07) is 3.43. The lowest BCUT2D eigenvalue weighted by Crippen LogP contribution is -2.20. The van der Waals surface area contributed by atoms with Gasteiger partial charge < -0.3 is 5.73 Å². The summed E-state index contributed by atoms with van der Waals surface area (Å²) in [6.45, 7) is 3.67. The highest BCUT2D eigenvalue weighted by Gasteiger charge is 2.15. The SMILES string of the molecule is C=CCCCCCC(=O)C(N)c1cccs1. The van der Waals surface area contributed by atoms with Crippen LogP contribution < -0.4 is 5.73 Å². The quantitative estimate of drug-likeness (QED) is 0.556. The molecule has 0 saturated carbocycles. The molecule has 0 fully saturated rings. The highest BCUT2D eigenvalue weighted by molar-refractivity contribution is 7.10. The molecule has 88 valence electrons. The lowest BCUT2D eigenvalue weighted by molar-refractivity contribution is -0.120. The van der Waals surface area contributed by atoms with Crippen LogP contribution in [0, 0.1) is 0 Å². The van der Waals surface area contributed by atoms with Crippen LogP contribution in [0.15, 0.2) is 30.2 Å². The molecule has 1 unspecified atom stereocenters. The molecule has 0 radical (unpaired) electrons. The van der Waals surface area contributed by atoms with Crippen molar-refractivity contribution in [3.63, 3.8) is 0 Å². The Morgan fingerprint density at radius 1 is 1.50 bits per heavy atom. The largest absolute Gasteiger partial charge is 0.317 e. The summed E-state index contributed by atoms with van der Waals surface area (Å²) in [5, 5.41) is 1.95. The van der Waals surface area contributed by atoms with E-state index in [4.69, 9.17) is 5.73 Å². The second kappa shape index (κ2) is 7.36. The number of carbonyl (C=O) groups excluding carboxylic acids is 1. The molecule has 1 aromatic rings. The summed E-state index contributed by atoms with van der Waals surface area (Å²) in [5.74, 6) is 0.154. The standard InChI is InChI=1S/C13H19NOS/c1-2-3-4-5-6-8-11(15)13(14)12-9-7-10-16-12/h2,7,9-10,13H,1,3-6,8,14H2. The van der Waals surface area contributed by atoms with Crippen molar-refractivity contribution in [2.75, 3.05) is 0 Å². The molecule has 1 heterocycles. The number of Topliss-reactive ketones (excluding diaryl/α,β-unsaturated/α-hetero) is 1. The second-order valence-electron chi connectivity index (χ2n) is 3.85. The molecule has 0 aliphatic heterocycles. The summed E-state index contributed by atoms with van der Waals surface area (Å²) in [4.78, 5) is 12.7. The maximum atomic E-state index is 11.7. The van der Waals surface area contributed by atoms with Crippen molar-refractivity contribution in [3.8, 4) is 0 Å². The molecule has 3 heteroatoms. The lowest BCUT2D eigenvalue weighted by Gasteiger charge is -2.07. The average molecular weight is 237 g/mol. The van der Waals surface area contributed by atoms with Gasteiger partial charge in [-0.05, 0) is 30.7 Å². The lowest BCUT2D eigenvalue weighted by atomic mass is 10.0. The van der Waals surface area contributed by atoms with Crippen molar-refractivity contribution in [2.24, 2.45) is 5.73 Å². The third-order valence-electron chi connectivity index (χ3n) is 2.53. The van der Waals surface area contributed by atoms with E-state index in [1.54, 1.807) is 11.3 Å². The van der Waals surface area contributed by atoms with Gasteiger partial charge in [-0.1, -0.05) is 18.6 Å². The molecular formula is C13H19NOS. The van der Waals surface area contributed by atoms with Crippen LogP contribution in [0.1, 0.15) is 43.0 Å². The molecule has 1 rings (SSSR count). The first kappa shape index (κ1) is 13.1. The van der Waals surface area contributed by atoms with Gasteiger partial charge in [-0.25, -0.2) is 0 Å². The number of carbonyl (C=O) groups is 1. The number of rotatable bonds is 8. The topological polar surface area (TPSA) is 43.1 Å². The maximum absolute atomic E-state index is 11.7. The minimum absolute atomic E-state index is 0.154. The van der Waals surface area contributed by atoms with E-state index in [1.165, 1.54) is 0 Å². The Balaban J connectivity index is 2.22. The zero-order valence-corrected chi connectivity index (χ0v) is 10.3. The Morgan fingerprint density at radius 3 is 2.94 bits per heavy atom. The third kappa shape index (κ3) is 4.29. The maximum Gasteiger partial charge on any atom is 0.154 e. The van der Waals surface area contributed by atoms with Crippen LogP contribution in [-0.4, -0.2) is 5.78 Å². The summed E-state index contributed by atoms with van der Waals surface area (Å²) in [6.07, 6.45) is 6.67. The Morgan fingerprint density at radius 2 is 2.31 bits per heavy atom. The van der Waals surface area contributed by atoms with E-state index in [-0.39, 0.29) is 5.78 Å². The zero-order chi connectivity index (χ0) is 11.8. The van der Waals surface area contributed by atoms with E-state index in [1.807, 2.05) is 23.6 Å². The van der Waals surface area contributed by atoms with E-state index >= 15 is 0 Å². The molecular weight excluding hydrogens is 218 g/mol. The van der Waals surface area contributed by atoms with E-state index < -0.39 is 6.04 Å². The monoisotopic (exact) mass is 237 g/mol. The molecule has 1 atom stereocenters. The molecule has 0 bridgehead atoms. The molecule has 0 saturated heterocycles.